The lowest BCUT2D eigenvalue weighted by Gasteiger charge is -2.43. The first-order valence-corrected chi connectivity index (χ1v) is 9.93. The standard InChI is InChI=1S/C20H30N4O3/c1-4-8-21-19(26)18(13(2)3)22-20(27)23-10-14-9-15(12-23)16-6-5-7-17(25)24(16)11-14/h5-7,13-15,18H,4,8-12H2,1-3H3,(H,21,26)(H,22,27)/t14-,15-,18-/m0/s1. The van der Waals surface area contributed by atoms with E-state index in [4.69, 9.17) is 0 Å². The Hall–Kier alpha value is -2.31. The normalized spacial score (nSPS) is 22.1. The third-order valence-electron chi connectivity index (χ3n) is 5.54. The molecule has 1 aromatic rings. The van der Waals surface area contributed by atoms with Gasteiger partial charge in [-0.1, -0.05) is 26.8 Å². The number of urea groups is 1. The molecule has 3 rings (SSSR count). The van der Waals surface area contributed by atoms with Crippen molar-refractivity contribution in [1.29, 1.82) is 0 Å². The number of carbonyl (C=O) groups excluding carboxylic acids is 2. The molecule has 3 heterocycles. The summed E-state index contributed by atoms with van der Waals surface area (Å²) in [7, 11) is 0. The molecule has 2 bridgehead atoms. The Bertz CT molecular complexity index is 758. The van der Waals surface area contributed by atoms with Crippen LogP contribution in [0.2, 0.25) is 0 Å². The number of pyridine rings is 1. The van der Waals surface area contributed by atoms with Crippen LogP contribution in [0.15, 0.2) is 23.0 Å². The molecule has 7 nitrogen and oxygen atoms in total. The molecule has 0 aliphatic carbocycles. The molecule has 1 saturated heterocycles. The van der Waals surface area contributed by atoms with E-state index in [0.717, 1.165) is 18.5 Å². The van der Waals surface area contributed by atoms with Crippen LogP contribution in [0.3, 0.4) is 0 Å². The maximum Gasteiger partial charge on any atom is 0.318 e. The lowest BCUT2D eigenvalue weighted by molar-refractivity contribution is -0.123. The second-order valence-electron chi connectivity index (χ2n) is 8.07. The Labute approximate surface area is 160 Å². The van der Waals surface area contributed by atoms with Crippen molar-refractivity contribution in [3.05, 3.63) is 34.2 Å². The maximum absolute atomic E-state index is 12.9. The van der Waals surface area contributed by atoms with Gasteiger partial charge in [-0.15, -0.1) is 0 Å². The quantitative estimate of drug-likeness (QED) is 0.820. The van der Waals surface area contributed by atoms with Crippen molar-refractivity contribution in [2.24, 2.45) is 11.8 Å². The van der Waals surface area contributed by atoms with Gasteiger partial charge in [-0.05, 0) is 30.7 Å². The van der Waals surface area contributed by atoms with Gasteiger partial charge in [-0.2, -0.15) is 0 Å². The van der Waals surface area contributed by atoms with Crippen LogP contribution < -0.4 is 16.2 Å². The number of aromatic nitrogens is 1. The number of likely N-dealkylation sites (tertiary alicyclic amines) is 1. The minimum Gasteiger partial charge on any atom is -0.354 e. The zero-order valence-corrected chi connectivity index (χ0v) is 16.4. The highest BCUT2D eigenvalue weighted by atomic mass is 16.2. The number of fused-ring (bicyclic) bond motifs is 4. The zero-order chi connectivity index (χ0) is 19.6. The summed E-state index contributed by atoms with van der Waals surface area (Å²) in [6.07, 6.45) is 1.86. The Morgan fingerprint density at radius 1 is 1.22 bits per heavy atom. The van der Waals surface area contributed by atoms with Crippen LogP contribution in [-0.4, -0.2) is 47.1 Å². The summed E-state index contributed by atoms with van der Waals surface area (Å²) in [6.45, 7) is 8.32. The van der Waals surface area contributed by atoms with Gasteiger partial charge in [-0.25, -0.2) is 4.79 Å². The van der Waals surface area contributed by atoms with Gasteiger partial charge >= 0.3 is 6.03 Å². The molecule has 1 aromatic heterocycles. The topological polar surface area (TPSA) is 83.4 Å². The number of hydrogen-bond donors (Lipinski definition) is 2. The fraction of sp³-hybridized carbons (Fsp3) is 0.650. The van der Waals surface area contributed by atoms with Crippen molar-refractivity contribution in [2.45, 2.75) is 52.1 Å². The molecule has 0 radical (unpaired) electrons. The lowest BCUT2D eigenvalue weighted by Crippen LogP contribution is -2.57. The van der Waals surface area contributed by atoms with Gasteiger partial charge in [0, 0.05) is 43.9 Å². The molecule has 148 valence electrons. The largest absolute Gasteiger partial charge is 0.354 e. The average molecular weight is 374 g/mol. The summed E-state index contributed by atoms with van der Waals surface area (Å²) in [5.41, 5.74) is 1.05. The van der Waals surface area contributed by atoms with Gasteiger partial charge in [-0.3, -0.25) is 9.59 Å². The Kier molecular flexibility index (Phi) is 5.87. The molecule has 2 aliphatic heterocycles. The number of rotatable bonds is 5. The molecular formula is C20H30N4O3. The third kappa shape index (κ3) is 4.17. The molecular weight excluding hydrogens is 344 g/mol. The Morgan fingerprint density at radius 2 is 2.00 bits per heavy atom. The predicted molar refractivity (Wildman–Crippen MR) is 104 cm³/mol. The Balaban J connectivity index is 1.70. The summed E-state index contributed by atoms with van der Waals surface area (Å²) in [5, 5.41) is 5.80. The monoisotopic (exact) mass is 374 g/mol. The molecule has 1 fully saturated rings. The van der Waals surface area contributed by atoms with Crippen LogP contribution in [0.25, 0.3) is 0 Å². The van der Waals surface area contributed by atoms with E-state index < -0.39 is 6.04 Å². The van der Waals surface area contributed by atoms with Gasteiger partial charge < -0.3 is 20.1 Å². The highest BCUT2D eigenvalue weighted by Gasteiger charge is 2.37. The summed E-state index contributed by atoms with van der Waals surface area (Å²) in [5.74, 6) is 0.320. The minimum absolute atomic E-state index is 0.00870. The van der Waals surface area contributed by atoms with Gasteiger partial charge in [0.1, 0.15) is 6.04 Å². The number of nitrogens with one attached hydrogen (secondary N) is 2. The minimum atomic E-state index is -0.541. The molecule has 3 atom stereocenters. The van der Waals surface area contributed by atoms with E-state index in [1.165, 1.54) is 0 Å². The maximum atomic E-state index is 12.9. The molecule has 0 saturated carbocycles. The molecule has 27 heavy (non-hydrogen) atoms. The summed E-state index contributed by atoms with van der Waals surface area (Å²) in [4.78, 5) is 39.2. The average Bonchev–Trinajstić information content (AvgIpc) is 2.64. The van der Waals surface area contributed by atoms with E-state index in [0.29, 0.717) is 26.2 Å². The summed E-state index contributed by atoms with van der Waals surface area (Å²) < 4.78 is 1.85. The third-order valence-corrected chi connectivity index (χ3v) is 5.54. The number of amides is 3. The first kappa shape index (κ1) is 19.5. The molecule has 2 aliphatic rings. The van der Waals surface area contributed by atoms with Crippen molar-refractivity contribution in [3.8, 4) is 0 Å². The van der Waals surface area contributed by atoms with Crippen molar-refractivity contribution in [3.63, 3.8) is 0 Å². The van der Waals surface area contributed by atoms with E-state index >= 15 is 0 Å². The van der Waals surface area contributed by atoms with Crippen LogP contribution in [-0.2, 0) is 11.3 Å². The predicted octanol–water partition coefficient (Wildman–Crippen LogP) is 1.53. The van der Waals surface area contributed by atoms with E-state index in [-0.39, 0.29) is 35.3 Å². The van der Waals surface area contributed by atoms with E-state index in [2.05, 4.69) is 10.6 Å². The van der Waals surface area contributed by atoms with Gasteiger partial charge in [0.2, 0.25) is 5.91 Å². The Morgan fingerprint density at radius 3 is 2.70 bits per heavy atom. The van der Waals surface area contributed by atoms with Crippen LogP contribution in [0, 0.1) is 11.8 Å². The van der Waals surface area contributed by atoms with Gasteiger partial charge in [0.25, 0.3) is 5.56 Å². The summed E-state index contributed by atoms with van der Waals surface area (Å²) in [6, 6.07) is 4.64. The van der Waals surface area contributed by atoms with E-state index in [1.807, 2.05) is 36.3 Å². The molecule has 7 heteroatoms. The molecule has 0 unspecified atom stereocenters. The molecule has 3 amide bonds. The number of nitrogens with zero attached hydrogens (tertiary/aromatic N) is 2. The van der Waals surface area contributed by atoms with Crippen molar-refractivity contribution in [2.75, 3.05) is 19.6 Å². The highest BCUT2D eigenvalue weighted by molar-refractivity contribution is 5.87. The smallest absolute Gasteiger partial charge is 0.318 e. The van der Waals surface area contributed by atoms with E-state index in [9.17, 15) is 14.4 Å². The second-order valence-corrected chi connectivity index (χ2v) is 8.07. The molecule has 0 spiro atoms. The molecule has 2 N–H and O–H groups in total. The summed E-state index contributed by atoms with van der Waals surface area (Å²) >= 11 is 0. The van der Waals surface area contributed by atoms with Crippen molar-refractivity contribution >= 4 is 11.9 Å². The van der Waals surface area contributed by atoms with Crippen molar-refractivity contribution < 1.29 is 9.59 Å². The van der Waals surface area contributed by atoms with Gasteiger partial charge in [0.05, 0.1) is 0 Å². The molecule has 0 aromatic carbocycles. The number of carbonyl (C=O) groups is 2. The first-order chi connectivity index (χ1) is 12.9. The second kappa shape index (κ2) is 8.15. The van der Waals surface area contributed by atoms with Gasteiger partial charge in [0.15, 0.2) is 0 Å². The SMILES string of the molecule is CCCNC(=O)[C@@H](NC(=O)N1C[C@@H]2C[C@@H](C1)c1cccc(=O)n1C2)C(C)C. The highest BCUT2D eigenvalue weighted by Crippen LogP contribution is 2.34. The van der Waals surface area contributed by atoms with Crippen LogP contribution in [0.1, 0.15) is 45.2 Å². The fourth-order valence-corrected chi connectivity index (χ4v) is 4.18. The van der Waals surface area contributed by atoms with Crippen LogP contribution >= 0.6 is 0 Å². The zero-order valence-electron chi connectivity index (χ0n) is 16.4. The van der Waals surface area contributed by atoms with Crippen LogP contribution in [0.4, 0.5) is 4.79 Å². The van der Waals surface area contributed by atoms with E-state index in [1.54, 1.807) is 12.1 Å². The first-order valence-electron chi connectivity index (χ1n) is 9.93. The number of piperidine rings is 1. The van der Waals surface area contributed by atoms with Crippen molar-refractivity contribution in [1.82, 2.24) is 20.1 Å². The number of hydrogen-bond acceptors (Lipinski definition) is 3. The fourth-order valence-electron chi connectivity index (χ4n) is 4.18. The lowest BCUT2D eigenvalue weighted by atomic mass is 9.83. The van der Waals surface area contributed by atoms with Crippen LogP contribution in [0.5, 0.6) is 0 Å².